The molecule has 0 saturated carbocycles. The molecule has 8 nitrogen and oxygen atoms in total. The molecule has 1 saturated heterocycles. The van der Waals surface area contributed by atoms with Gasteiger partial charge in [-0.15, -0.1) is 0 Å². The maximum absolute atomic E-state index is 13.0. The van der Waals surface area contributed by atoms with Gasteiger partial charge in [0.2, 0.25) is 10.0 Å². The van der Waals surface area contributed by atoms with Gasteiger partial charge in [-0.2, -0.15) is 4.31 Å². The van der Waals surface area contributed by atoms with E-state index >= 15 is 0 Å². The minimum absolute atomic E-state index is 0.0640. The first-order chi connectivity index (χ1) is 14.8. The van der Waals surface area contributed by atoms with Gasteiger partial charge in [0, 0.05) is 13.1 Å². The smallest absolute Gasteiger partial charge is 0.262 e. The number of para-hydroxylation sites is 1. The van der Waals surface area contributed by atoms with Crippen LogP contribution in [-0.4, -0.2) is 44.2 Å². The number of nitrogens with zero attached hydrogens (tertiary/aromatic N) is 1. The first-order valence-electron chi connectivity index (χ1n) is 9.90. The Morgan fingerprint density at radius 1 is 1.06 bits per heavy atom. The molecule has 0 aliphatic carbocycles. The number of hydrogen-bond donors (Lipinski definition) is 2. The fourth-order valence-electron chi connectivity index (χ4n) is 3.32. The molecule has 0 radical (unpaired) electrons. The van der Waals surface area contributed by atoms with E-state index in [-0.39, 0.29) is 26.9 Å². The van der Waals surface area contributed by atoms with Crippen molar-refractivity contribution < 1.29 is 22.7 Å². The number of carbonyl (C=O) groups excluding carboxylic acids is 2. The zero-order valence-electron chi connectivity index (χ0n) is 16.8. The highest BCUT2D eigenvalue weighted by Gasteiger charge is 2.26. The number of halogens is 1. The number of hydrogen-bond acceptors (Lipinski definition) is 5. The van der Waals surface area contributed by atoms with Gasteiger partial charge in [-0.1, -0.05) is 36.6 Å². The van der Waals surface area contributed by atoms with Crippen molar-refractivity contribution in [3.8, 4) is 5.75 Å². The maximum Gasteiger partial charge on any atom is 0.262 e. The fraction of sp³-hybridized carbons (Fsp3) is 0.333. The van der Waals surface area contributed by atoms with E-state index in [4.69, 9.17) is 22.1 Å². The molecule has 2 aromatic rings. The number of primary amides is 1. The van der Waals surface area contributed by atoms with Gasteiger partial charge in [0.05, 0.1) is 21.2 Å². The second-order valence-electron chi connectivity index (χ2n) is 7.16. The van der Waals surface area contributed by atoms with Crippen LogP contribution in [0.5, 0.6) is 5.75 Å². The quantitative estimate of drug-likeness (QED) is 0.651. The Bertz CT molecular complexity index is 1070. The van der Waals surface area contributed by atoms with Gasteiger partial charge in [-0.05, 0) is 43.2 Å². The number of anilines is 1. The topological polar surface area (TPSA) is 119 Å². The Morgan fingerprint density at radius 2 is 1.74 bits per heavy atom. The predicted octanol–water partition coefficient (Wildman–Crippen LogP) is 3.02. The van der Waals surface area contributed by atoms with Gasteiger partial charge in [0.1, 0.15) is 5.75 Å². The molecule has 1 heterocycles. The SMILES string of the molecule is NC(=O)c1ccccc1OCC(=O)Nc1cc(S(=O)(=O)N2CCCCCC2)ccc1Cl. The lowest BCUT2D eigenvalue weighted by molar-refractivity contribution is -0.118. The second kappa shape index (κ2) is 10.1. The van der Waals surface area contributed by atoms with Gasteiger partial charge in [0.25, 0.3) is 11.8 Å². The average Bonchev–Trinajstić information content (AvgIpc) is 3.04. The molecule has 3 rings (SSSR count). The van der Waals surface area contributed by atoms with Crippen LogP contribution in [0.25, 0.3) is 0 Å². The lowest BCUT2D eigenvalue weighted by Gasteiger charge is -2.20. The minimum Gasteiger partial charge on any atom is -0.483 e. The van der Waals surface area contributed by atoms with E-state index in [0.717, 1.165) is 25.7 Å². The zero-order valence-corrected chi connectivity index (χ0v) is 18.4. The predicted molar refractivity (Wildman–Crippen MR) is 118 cm³/mol. The van der Waals surface area contributed by atoms with E-state index in [1.165, 1.54) is 34.6 Å². The number of rotatable bonds is 7. The van der Waals surface area contributed by atoms with Crippen molar-refractivity contribution in [2.24, 2.45) is 5.73 Å². The number of carbonyl (C=O) groups is 2. The number of sulfonamides is 1. The normalized spacial score (nSPS) is 15.1. The zero-order chi connectivity index (χ0) is 22.4. The van der Waals surface area contributed by atoms with Crippen molar-refractivity contribution >= 4 is 39.1 Å². The van der Waals surface area contributed by atoms with E-state index in [0.29, 0.717) is 13.1 Å². The third-order valence-electron chi connectivity index (χ3n) is 4.93. The van der Waals surface area contributed by atoms with Crippen LogP contribution in [-0.2, 0) is 14.8 Å². The summed E-state index contributed by atoms with van der Waals surface area (Å²) < 4.78 is 32.9. The van der Waals surface area contributed by atoms with E-state index in [2.05, 4.69) is 5.32 Å². The Labute approximate surface area is 186 Å². The van der Waals surface area contributed by atoms with E-state index in [1.807, 2.05) is 0 Å². The van der Waals surface area contributed by atoms with Gasteiger partial charge in [-0.25, -0.2) is 8.42 Å². The highest BCUT2D eigenvalue weighted by molar-refractivity contribution is 7.89. The standard InChI is InChI=1S/C21H24ClN3O5S/c22-17-10-9-15(31(28,29)25-11-5-1-2-6-12-25)13-18(17)24-20(26)14-30-19-8-4-3-7-16(19)21(23)27/h3-4,7-10,13H,1-2,5-6,11-12,14H2,(H2,23,27)(H,24,26). The Hall–Kier alpha value is -2.62. The molecule has 0 spiro atoms. The molecule has 0 atom stereocenters. The highest BCUT2D eigenvalue weighted by atomic mass is 35.5. The lowest BCUT2D eigenvalue weighted by Crippen LogP contribution is -2.32. The summed E-state index contributed by atoms with van der Waals surface area (Å²) in [6.45, 7) is 0.531. The second-order valence-corrected chi connectivity index (χ2v) is 9.50. The summed E-state index contributed by atoms with van der Waals surface area (Å²) >= 11 is 6.16. The number of ether oxygens (including phenoxy) is 1. The Morgan fingerprint density at radius 3 is 2.42 bits per heavy atom. The third kappa shape index (κ3) is 5.75. The van der Waals surface area contributed by atoms with Gasteiger partial charge < -0.3 is 15.8 Å². The van der Waals surface area contributed by atoms with Crippen molar-refractivity contribution in [2.75, 3.05) is 25.0 Å². The molecule has 0 bridgehead atoms. The van der Waals surface area contributed by atoms with Crippen molar-refractivity contribution in [3.63, 3.8) is 0 Å². The molecular formula is C21H24ClN3O5S. The molecule has 0 aromatic heterocycles. The van der Waals surface area contributed by atoms with Crippen LogP contribution < -0.4 is 15.8 Å². The molecular weight excluding hydrogens is 442 g/mol. The molecule has 3 N–H and O–H groups in total. The van der Waals surface area contributed by atoms with Crippen LogP contribution in [0.3, 0.4) is 0 Å². The molecule has 166 valence electrons. The van der Waals surface area contributed by atoms with Gasteiger partial charge in [0.15, 0.2) is 6.61 Å². The maximum atomic E-state index is 13.0. The molecule has 2 amide bonds. The first kappa shape index (κ1) is 23.1. The van der Waals surface area contributed by atoms with Gasteiger partial charge in [-0.3, -0.25) is 9.59 Å². The van der Waals surface area contributed by atoms with E-state index < -0.39 is 28.4 Å². The van der Waals surface area contributed by atoms with Crippen LogP contribution in [0.15, 0.2) is 47.4 Å². The molecule has 31 heavy (non-hydrogen) atoms. The minimum atomic E-state index is -3.69. The summed E-state index contributed by atoms with van der Waals surface area (Å²) in [7, 11) is -3.69. The van der Waals surface area contributed by atoms with E-state index in [9.17, 15) is 18.0 Å². The van der Waals surface area contributed by atoms with Crippen molar-refractivity contribution in [2.45, 2.75) is 30.6 Å². The fourth-order valence-corrected chi connectivity index (χ4v) is 5.03. The number of benzene rings is 2. The summed E-state index contributed by atoms with van der Waals surface area (Å²) in [6, 6.07) is 10.5. The average molecular weight is 466 g/mol. The van der Waals surface area contributed by atoms with E-state index in [1.54, 1.807) is 12.1 Å². The lowest BCUT2D eigenvalue weighted by atomic mass is 10.2. The molecule has 1 fully saturated rings. The molecule has 2 aromatic carbocycles. The van der Waals surface area contributed by atoms with Crippen molar-refractivity contribution in [1.29, 1.82) is 0 Å². The largest absolute Gasteiger partial charge is 0.483 e. The van der Waals surface area contributed by atoms with Crippen molar-refractivity contribution in [3.05, 3.63) is 53.1 Å². The summed E-state index contributed by atoms with van der Waals surface area (Å²) in [5.74, 6) is -1.07. The Kier molecular flexibility index (Phi) is 7.53. The van der Waals surface area contributed by atoms with Crippen LogP contribution in [0.1, 0.15) is 36.0 Å². The monoisotopic (exact) mass is 465 g/mol. The first-order valence-corrected chi connectivity index (χ1v) is 11.7. The summed E-state index contributed by atoms with van der Waals surface area (Å²) in [6.07, 6.45) is 3.65. The summed E-state index contributed by atoms with van der Waals surface area (Å²) in [4.78, 5) is 23.9. The summed E-state index contributed by atoms with van der Waals surface area (Å²) in [5.41, 5.74) is 5.61. The molecule has 10 heteroatoms. The van der Waals surface area contributed by atoms with Crippen LogP contribution in [0.2, 0.25) is 5.02 Å². The number of amides is 2. The van der Waals surface area contributed by atoms with Crippen LogP contribution in [0.4, 0.5) is 5.69 Å². The van der Waals surface area contributed by atoms with Crippen LogP contribution in [0, 0.1) is 0 Å². The molecule has 1 aliphatic rings. The molecule has 0 unspecified atom stereocenters. The number of nitrogens with two attached hydrogens (primary N) is 1. The van der Waals surface area contributed by atoms with Crippen molar-refractivity contribution in [1.82, 2.24) is 4.31 Å². The van der Waals surface area contributed by atoms with Crippen LogP contribution >= 0.6 is 11.6 Å². The highest BCUT2D eigenvalue weighted by Crippen LogP contribution is 2.28. The summed E-state index contributed by atoms with van der Waals surface area (Å²) in [5, 5.41) is 2.76. The third-order valence-corrected chi connectivity index (χ3v) is 7.15. The molecule has 1 aliphatic heterocycles. The Balaban J connectivity index is 1.72. The number of nitrogens with one attached hydrogen (secondary N) is 1. The van der Waals surface area contributed by atoms with Gasteiger partial charge >= 0.3 is 0 Å².